The van der Waals surface area contributed by atoms with Crippen LogP contribution in [0.1, 0.15) is 48.3 Å². The smallest absolute Gasteiger partial charge is 0.223 e. The van der Waals surface area contributed by atoms with Crippen LogP contribution < -0.4 is 10.2 Å². The fraction of sp³-hybridized carbons (Fsp3) is 0.357. The third-order valence-corrected chi connectivity index (χ3v) is 7.09. The second-order valence-corrected chi connectivity index (χ2v) is 9.57. The molecule has 1 aliphatic rings. The molecule has 1 aliphatic heterocycles. The quantitative estimate of drug-likeness (QED) is 0.454. The summed E-state index contributed by atoms with van der Waals surface area (Å²) in [7, 11) is 0. The van der Waals surface area contributed by atoms with Crippen LogP contribution in [-0.4, -0.2) is 39.0 Å². The highest BCUT2D eigenvalue weighted by Gasteiger charge is 2.29. The summed E-state index contributed by atoms with van der Waals surface area (Å²) in [4.78, 5) is 15.2. The number of hydrogen-bond donors (Lipinski definition) is 1. The van der Waals surface area contributed by atoms with Gasteiger partial charge in [0.15, 0.2) is 5.82 Å². The number of nitrogens with zero attached hydrogens (tertiary/aromatic N) is 5. The Balaban J connectivity index is 1.33. The molecular weight excluding hydrogens is 436 g/mol. The number of aryl methyl sites for hydroxylation is 3. The van der Waals surface area contributed by atoms with Gasteiger partial charge in [0.1, 0.15) is 5.52 Å². The van der Waals surface area contributed by atoms with Crippen LogP contribution in [0.5, 0.6) is 0 Å². The predicted molar refractivity (Wildman–Crippen MR) is 139 cm³/mol. The van der Waals surface area contributed by atoms with Crippen molar-refractivity contribution >= 4 is 22.6 Å². The first-order valence-corrected chi connectivity index (χ1v) is 12.3. The Morgan fingerprint density at radius 1 is 0.971 bits per heavy atom. The van der Waals surface area contributed by atoms with Crippen molar-refractivity contribution in [3.63, 3.8) is 0 Å². The van der Waals surface area contributed by atoms with Gasteiger partial charge in [-0.15, -0.1) is 5.10 Å². The van der Waals surface area contributed by atoms with E-state index in [1.807, 2.05) is 48.9 Å². The summed E-state index contributed by atoms with van der Waals surface area (Å²) in [6.45, 7) is 9.68. The molecule has 1 atom stereocenters. The van der Waals surface area contributed by atoms with Crippen LogP contribution in [0.15, 0.2) is 54.6 Å². The van der Waals surface area contributed by atoms with Gasteiger partial charge in [0.05, 0.1) is 28.5 Å². The normalized spacial score (nSPS) is 15.4. The molecule has 0 spiro atoms. The number of fused-ring (bicyclic) bond motifs is 1. The number of piperidine rings is 1. The van der Waals surface area contributed by atoms with Gasteiger partial charge in [-0.05, 0) is 58.2 Å². The Morgan fingerprint density at radius 3 is 2.34 bits per heavy atom. The first kappa shape index (κ1) is 23.0. The average molecular weight is 469 g/mol. The van der Waals surface area contributed by atoms with E-state index in [-0.39, 0.29) is 17.9 Å². The van der Waals surface area contributed by atoms with Gasteiger partial charge < -0.3 is 10.2 Å². The number of amides is 1. The van der Waals surface area contributed by atoms with Gasteiger partial charge in [0.25, 0.3) is 0 Å². The van der Waals surface area contributed by atoms with Crippen LogP contribution in [0.3, 0.4) is 0 Å². The van der Waals surface area contributed by atoms with Gasteiger partial charge in [0, 0.05) is 19.0 Å². The van der Waals surface area contributed by atoms with Crippen LogP contribution in [0, 0.1) is 26.7 Å². The van der Waals surface area contributed by atoms with Crippen LogP contribution in [0.4, 0.5) is 5.82 Å². The van der Waals surface area contributed by atoms with Crippen molar-refractivity contribution in [3.8, 4) is 5.69 Å². The Labute approximate surface area is 206 Å². The molecule has 4 aromatic rings. The van der Waals surface area contributed by atoms with Gasteiger partial charge >= 0.3 is 0 Å². The van der Waals surface area contributed by atoms with Crippen molar-refractivity contribution in [1.82, 2.24) is 25.3 Å². The predicted octanol–water partition coefficient (Wildman–Crippen LogP) is 4.83. The molecule has 7 heteroatoms. The number of carbonyl (C=O) groups is 1. The molecule has 7 nitrogen and oxygen atoms in total. The highest BCUT2D eigenvalue weighted by molar-refractivity contribution is 5.92. The molecule has 1 saturated heterocycles. The van der Waals surface area contributed by atoms with Crippen molar-refractivity contribution < 1.29 is 4.79 Å². The van der Waals surface area contributed by atoms with Crippen molar-refractivity contribution in [2.24, 2.45) is 5.92 Å². The number of benzene rings is 2. The average Bonchev–Trinajstić information content (AvgIpc) is 3.23. The third-order valence-electron chi connectivity index (χ3n) is 7.09. The lowest BCUT2D eigenvalue weighted by Crippen LogP contribution is -2.41. The molecule has 1 N–H and O–H groups in total. The number of anilines is 1. The summed E-state index contributed by atoms with van der Waals surface area (Å²) in [6, 6.07) is 18.5. The molecule has 0 saturated carbocycles. The molecule has 0 bridgehead atoms. The Kier molecular flexibility index (Phi) is 6.24. The highest BCUT2D eigenvalue weighted by atomic mass is 16.1. The molecule has 2 aromatic heterocycles. The number of hydrogen-bond acceptors (Lipinski definition) is 5. The molecule has 1 amide bonds. The standard InChI is InChI=1S/C28H32N6O/c1-18-10-12-24(13-11-18)34-21(4)25-20(3)30-31-27(26(25)32-34)33-16-14-23(15-17-33)28(35)29-19(2)22-8-6-5-7-9-22/h5-13,19,23H,14-17H2,1-4H3,(H,29,35)/t19-/m1/s1. The zero-order valence-electron chi connectivity index (χ0n) is 20.8. The number of aromatic nitrogens is 4. The molecule has 0 unspecified atom stereocenters. The summed E-state index contributed by atoms with van der Waals surface area (Å²) in [6.07, 6.45) is 1.56. The van der Waals surface area contributed by atoms with Crippen molar-refractivity contribution in [2.75, 3.05) is 18.0 Å². The zero-order chi connectivity index (χ0) is 24.5. The monoisotopic (exact) mass is 468 g/mol. The maximum atomic E-state index is 12.9. The minimum Gasteiger partial charge on any atom is -0.353 e. The van der Waals surface area contributed by atoms with E-state index >= 15 is 0 Å². The lowest BCUT2D eigenvalue weighted by molar-refractivity contribution is -0.126. The van der Waals surface area contributed by atoms with Crippen molar-refractivity contribution in [3.05, 3.63) is 77.1 Å². The molecule has 3 heterocycles. The van der Waals surface area contributed by atoms with Gasteiger partial charge in [-0.3, -0.25) is 4.79 Å². The maximum Gasteiger partial charge on any atom is 0.223 e. The molecule has 180 valence electrons. The third kappa shape index (κ3) is 4.50. The van der Waals surface area contributed by atoms with Gasteiger partial charge in [-0.25, -0.2) is 4.68 Å². The van der Waals surface area contributed by atoms with E-state index in [2.05, 4.69) is 58.5 Å². The minimum absolute atomic E-state index is 0.00170. The van der Waals surface area contributed by atoms with Gasteiger partial charge in [-0.1, -0.05) is 48.0 Å². The fourth-order valence-electron chi connectivity index (χ4n) is 4.97. The molecule has 2 aromatic carbocycles. The summed E-state index contributed by atoms with van der Waals surface area (Å²) in [5.74, 6) is 0.926. The van der Waals surface area contributed by atoms with E-state index in [0.29, 0.717) is 0 Å². The van der Waals surface area contributed by atoms with Crippen LogP contribution >= 0.6 is 0 Å². The van der Waals surface area contributed by atoms with Gasteiger partial charge in [0.2, 0.25) is 5.91 Å². The van der Waals surface area contributed by atoms with E-state index in [9.17, 15) is 4.79 Å². The van der Waals surface area contributed by atoms with E-state index in [1.165, 1.54) is 5.56 Å². The number of nitrogens with one attached hydrogen (secondary N) is 1. The first-order valence-electron chi connectivity index (χ1n) is 12.3. The summed E-state index contributed by atoms with van der Waals surface area (Å²) < 4.78 is 1.98. The zero-order valence-corrected chi connectivity index (χ0v) is 20.8. The number of carbonyl (C=O) groups excluding carboxylic acids is 1. The van der Waals surface area contributed by atoms with Crippen LogP contribution in [0.2, 0.25) is 0 Å². The molecule has 0 aliphatic carbocycles. The lowest BCUT2D eigenvalue weighted by Gasteiger charge is -2.32. The molecule has 1 fully saturated rings. The number of rotatable bonds is 5. The molecule has 0 radical (unpaired) electrons. The SMILES string of the molecule is Cc1ccc(-n2nc3c(N4CCC(C(=O)N[C@H](C)c5ccccc5)CC4)nnc(C)c3c2C)cc1. The summed E-state index contributed by atoms with van der Waals surface area (Å²) in [5.41, 5.74) is 6.17. The second-order valence-electron chi connectivity index (χ2n) is 9.57. The largest absolute Gasteiger partial charge is 0.353 e. The van der Waals surface area contributed by atoms with E-state index < -0.39 is 0 Å². The Bertz CT molecular complexity index is 1340. The summed E-state index contributed by atoms with van der Waals surface area (Å²) >= 11 is 0. The highest BCUT2D eigenvalue weighted by Crippen LogP contribution is 2.31. The van der Waals surface area contributed by atoms with E-state index in [1.54, 1.807) is 0 Å². The Hall–Kier alpha value is -3.74. The maximum absolute atomic E-state index is 12.9. The summed E-state index contributed by atoms with van der Waals surface area (Å²) in [5, 5.41) is 18.2. The minimum atomic E-state index is -0.00182. The van der Waals surface area contributed by atoms with E-state index in [4.69, 9.17) is 5.10 Å². The second kappa shape index (κ2) is 9.49. The molecule has 35 heavy (non-hydrogen) atoms. The van der Waals surface area contributed by atoms with Crippen molar-refractivity contribution in [2.45, 2.75) is 46.6 Å². The topological polar surface area (TPSA) is 75.9 Å². The van der Waals surface area contributed by atoms with Crippen molar-refractivity contribution in [1.29, 1.82) is 0 Å². The Morgan fingerprint density at radius 2 is 1.66 bits per heavy atom. The molecule has 5 rings (SSSR count). The fourth-order valence-corrected chi connectivity index (χ4v) is 4.97. The van der Waals surface area contributed by atoms with Gasteiger partial charge in [-0.2, -0.15) is 10.2 Å². The van der Waals surface area contributed by atoms with Crippen LogP contribution in [0.25, 0.3) is 16.6 Å². The van der Waals surface area contributed by atoms with E-state index in [0.717, 1.165) is 65.3 Å². The van der Waals surface area contributed by atoms with Crippen LogP contribution in [-0.2, 0) is 4.79 Å². The first-order chi connectivity index (χ1) is 16.9. The lowest BCUT2D eigenvalue weighted by atomic mass is 9.95. The molecular formula is C28H32N6O.